The Morgan fingerprint density at radius 3 is 2.73 bits per heavy atom. The summed E-state index contributed by atoms with van der Waals surface area (Å²) in [5, 5.41) is 0. The van der Waals surface area contributed by atoms with E-state index >= 15 is 0 Å². The molecule has 2 nitrogen and oxygen atoms in total. The van der Waals surface area contributed by atoms with Crippen molar-refractivity contribution >= 4 is 17.2 Å². The molecule has 2 rings (SSSR count). The third kappa shape index (κ3) is 2.49. The summed E-state index contributed by atoms with van der Waals surface area (Å²) in [5.41, 5.74) is 1.14. The van der Waals surface area contributed by atoms with Gasteiger partial charge in [0.05, 0.1) is 5.69 Å². The van der Waals surface area contributed by atoms with Crippen molar-refractivity contribution in [2.45, 2.75) is 25.7 Å². The quantitative estimate of drug-likeness (QED) is 0.692. The second-order valence-corrected chi connectivity index (χ2v) is 3.70. The lowest BCUT2D eigenvalue weighted by molar-refractivity contribution is -0.118. The Hall–Kier alpha value is -1.51. The molecule has 0 bridgehead atoms. The minimum Gasteiger partial charge on any atom is -0.299 e. The van der Waals surface area contributed by atoms with Crippen LogP contribution in [0, 0.1) is 5.82 Å². The lowest BCUT2D eigenvalue weighted by Gasteiger charge is -2.11. The van der Waals surface area contributed by atoms with E-state index in [0.717, 1.165) is 18.6 Å². The number of ketones is 1. The van der Waals surface area contributed by atoms with E-state index in [4.69, 9.17) is 0 Å². The Morgan fingerprint density at radius 2 is 2.00 bits per heavy atom. The standard InChI is InChI=1S/C12H12FNO/c13-11-6-1-2-7-12(11)14-9-4-3-5-10(15)8-9/h1-2,6-7H,3-5,8H2. The second kappa shape index (κ2) is 4.34. The van der Waals surface area contributed by atoms with Crippen LogP contribution in [-0.2, 0) is 4.79 Å². The van der Waals surface area contributed by atoms with Crippen LogP contribution in [0.4, 0.5) is 10.1 Å². The summed E-state index contributed by atoms with van der Waals surface area (Å²) in [5.74, 6) is -0.126. The number of para-hydroxylation sites is 1. The Labute approximate surface area is 87.8 Å². The molecule has 0 unspecified atom stereocenters. The van der Waals surface area contributed by atoms with E-state index < -0.39 is 0 Å². The molecular formula is C12H12FNO. The highest BCUT2D eigenvalue weighted by atomic mass is 19.1. The predicted octanol–water partition coefficient (Wildman–Crippen LogP) is 3.04. The maximum absolute atomic E-state index is 13.2. The molecule has 78 valence electrons. The van der Waals surface area contributed by atoms with Gasteiger partial charge in [-0.25, -0.2) is 4.39 Å². The smallest absolute Gasteiger partial charge is 0.148 e. The van der Waals surface area contributed by atoms with Gasteiger partial charge in [-0.15, -0.1) is 0 Å². The molecule has 0 spiro atoms. The van der Waals surface area contributed by atoms with Crippen molar-refractivity contribution in [3.63, 3.8) is 0 Å². The number of halogens is 1. The molecule has 1 aromatic rings. The van der Waals surface area contributed by atoms with Gasteiger partial charge in [-0.2, -0.15) is 0 Å². The van der Waals surface area contributed by atoms with Crippen molar-refractivity contribution in [1.29, 1.82) is 0 Å². The molecule has 0 aliphatic heterocycles. The van der Waals surface area contributed by atoms with Crippen LogP contribution in [0.15, 0.2) is 29.3 Å². The molecule has 1 aliphatic rings. The van der Waals surface area contributed by atoms with Crippen molar-refractivity contribution in [2.24, 2.45) is 4.99 Å². The summed E-state index contributed by atoms with van der Waals surface area (Å²) in [6.45, 7) is 0. The first kappa shape index (κ1) is 10.0. The van der Waals surface area contributed by atoms with Crippen LogP contribution in [0.3, 0.4) is 0 Å². The average molecular weight is 205 g/mol. The second-order valence-electron chi connectivity index (χ2n) is 3.70. The van der Waals surface area contributed by atoms with E-state index in [0.29, 0.717) is 18.5 Å². The SMILES string of the molecule is O=C1CCCC(=Nc2ccccc2F)C1. The van der Waals surface area contributed by atoms with E-state index in [2.05, 4.69) is 4.99 Å². The van der Waals surface area contributed by atoms with Gasteiger partial charge in [-0.1, -0.05) is 12.1 Å². The number of carbonyl (C=O) groups is 1. The first-order valence-electron chi connectivity index (χ1n) is 5.08. The van der Waals surface area contributed by atoms with Gasteiger partial charge >= 0.3 is 0 Å². The largest absolute Gasteiger partial charge is 0.299 e. The zero-order chi connectivity index (χ0) is 10.7. The lowest BCUT2D eigenvalue weighted by atomic mass is 9.97. The molecule has 1 fully saturated rings. The molecule has 1 aromatic carbocycles. The maximum Gasteiger partial charge on any atom is 0.148 e. The van der Waals surface area contributed by atoms with Crippen molar-refractivity contribution in [2.75, 3.05) is 0 Å². The van der Waals surface area contributed by atoms with Crippen LogP contribution >= 0.6 is 0 Å². The molecule has 15 heavy (non-hydrogen) atoms. The summed E-state index contributed by atoms with van der Waals surface area (Å²) >= 11 is 0. The molecule has 1 aliphatic carbocycles. The lowest BCUT2D eigenvalue weighted by Crippen LogP contribution is -2.14. The van der Waals surface area contributed by atoms with Crippen LogP contribution < -0.4 is 0 Å². The molecular weight excluding hydrogens is 193 g/mol. The number of rotatable bonds is 1. The third-order valence-electron chi connectivity index (χ3n) is 2.45. The van der Waals surface area contributed by atoms with Crippen LogP contribution in [-0.4, -0.2) is 11.5 Å². The highest BCUT2D eigenvalue weighted by Gasteiger charge is 2.14. The molecule has 0 aromatic heterocycles. The van der Waals surface area contributed by atoms with Crippen molar-refractivity contribution in [1.82, 2.24) is 0 Å². The fourth-order valence-electron chi connectivity index (χ4n) is 1.70. The van der Waals surface area contributed by atoms with Gasteiger partial charge in [0.2, 0.25) is 0 Å². The van der Waals surface area contributed by atoms with Gasteiger partial charge < -0.3 is 0 Å². The number of benzene rings is 1. The monoisotopic (exact) mass is 205 g/mol. The van der Waals surface area contributed by atoms with E-state index in [1.54, 1.807) is 18.2 Å². The number of aliphatic imine (C=N–C) groups is 1. The number of Topliss-reactive ketones (excluding diaryl/α,β-unsaturated/α-hetero) is 1. The van der Waals surface area contributed by atoms with Gasteiger partial charge in [0.15, 0.2) is 0 Å². The normalized spacial score (nSPS) is 19.5. The number of hydrogen-bond acceptors (Lipinski definition) is 2. The summed E-state index contributed by atoms with van der Waals surface area (Å²) in [7, 11) is 0. The molecule has 0 saturated heterocycles. The molecule has 1 saturated carbocycles. The Kier molecular flexibility index (Phi) is 2.90. The Balaban J connectivity index is 2.22. The van der Waals surface area contributed by atoms with Crippen molar-refractivity contribution < 1.29 is 9.18 Å². The number of carbonyl (C=O) groups excluding carboxylic acids is 1. The number of nitrogens with zero attached hydrogens (tertiary/aromatic N) is 1. The molecule has 0 radical (unpaired) electrons. The number of hydrogen-bond donors (Lipinski definition) is 0. The first-order valence-corrected chi connectivity index (χ1v) is 5.08. The molecule has 0 atom stereocenters. The molecule has 3 heteroatoms. The van der Waals surface area contributed by atoms with Gasteiger partial charge in [-0.3, -0.25) is 9.79 Å². The van der Waals surface area contributed by atoms with Gasteiger partial charge in [-0.05, 0) is 25.0 Å². The average Bonchev–Trinajstić information content (AvgIpc) is 2.22. The summed E-state index contributed by atoms with van der Waals surface area (Å²) in [6, 6.07) is 6.38. The van der Waals surface area contributed by atoms with Crippen molar-refractivity contribution in [3.05, 3.63) is 30.1 Å². The van der Waals surface area contributed by atoms with Crippen LogP contribution in [0.25, 0.3) is 0 Å². The highest BCUT2D eigenvalue weighted by Crippen LogP contribution is 2.20. The van der Waals surface area contributed by atoms with E-state index in [1.807, 2.05) is 0 Å². The van der Waals surface area contributed by atoms with Crippen LogP contribution in [0.2, 0.25) is 0 Å². The fourth-order valence-corrected chi connectivity index (χ4v) is 1.70. The molecule has 0 amide bonds. The minimum atomic E-state index is -0.331. The molecule has 0 N–H and O–H groups in total. The Bertz CT molecular complexity index is 412. The molecule has 0 heterocycles. The minimum absolute atomic E-state index is 0.205. The maximum atomic E-state index is 13.2. The van der Waals surface area contributed by atoms with Gasteiger partial charge in [0, 0.05) is 18.6 Å². The first-order chi connectivity index (χ1) is 7.25. The fraction of sp³-hybridized carbons (Fsp3) is 0.333. The van der Waals surface area contributed by atoms with Crippen LogP contribution in [0.5, 0.6) is 0 Å². The van der Waals surface area contributed by atoms with E-state index in [1.165, 1.54) is 6.07 Å². The van der Waals surface area contributed by atoms with Crippen molar-refractivity contribution in [3.8, 4) is 0 Å². The third-order valence-corrected chi connectivity index (χ3v) is 2.45. The highest BCUT2D eigenvalue weighted by molar-refractivity contribution is 6.04. The topological polar surface area (TPSA) is 29.4 Å². The van der Waals surface area contributed by atoms with Crippen LogP contribution in [0.1, 0.15) is 25.7 Å². The predicted molar refractivity (Wildman–Crippen MR) is 57.0 cm³/mol. The zero-order valence-corrected chi connectivity index (χ0v) is 8.37. The van der Waals surface area contributed by atoms with E-state index in [-0.39, 0.29) is 11.6 Å². The summed E-state index contributed by atoms with van der Waals surface area (Å²) < 4.78 is 13.2. The zero-order valence-electron chi connectivity index (χ0n) is 8.37. The van der Waals surface area contributed by atoms with Gasteiger partial charge in [0.25, 0.3) is 0 Å². The van der Waals surface area contributed by atoms with E-state index in [9.17, 15) is 9.18 Å². The summed E-state index contributed by atoms with van der Waals surface area (Å²) in [4.78, 5) is 15.4. The Morgan fingerprint density at radius 1 is 1.20 bits per heavy atom. The summed E-state index contributed by atoms with van der Waals surface area (Å²) in [6.07, 6.45) is 2.66. The van der Waals surface area contributed by atoms with Gasteiger partial charge in [0.1, 0.15) is 11.6 Å².